The summed E-state index contributed by atoms with van der Waals surface area (Å²) in [6, 6.07) is 4.95. The molecule has 0 fully saturated rings. The minimum atomic E-state index is -3.21. The van der Waals surface area contributed by atoms with Crippen molar-refractivity contribution >= 4 is 15.7 Å². The highest BCUT2D eigenvalue weighted by atomic mass is 32.2. The first-order valence-electron chi connectivity index (χ1n) is 8.53. The van der Waals surface area contributed by atoms with Gasteiger partial charge in [0.15, 0.2) is 15.5 Å². The fourth-order valence-corrected chi connectivity index (χ4v) is 4.71. The normalized spacial score (nSPS) is 16.3. The number of hydrogen-bond acceptors (Lipinski definition) is 6. The fourth-order valence-electron chi connectivity index (χ4n) is 3.31. The zero-order chi connectivity index (χ0) is 19.8. The van der Waals surface area contributed by atoms with Crippen LogP contribution < -0.4 is 14.8 Å². The summed E-state index contributed by atoms with van der Waals surface area (Å²) in [7, 11) is 1.64. The van der Waals surface area contributed by atoms with Gasteiger partial charge in [-0.05, 0) is 25.1 Å². The maximum atomic E-state index is 12.8. The molecule has 1 unspecified atom stereocenters. The van der Waals surface area contributed by atoms with Crippen LogP contribution in [0.25, 0.3) is 0 Å². The fraction of sp³-hybridized carbons (Fsp3) is 0.444. The Morgan fingerprint density at radius 2 is 2.04 bits per heavy atom. The third-order valence-electron chi connectivity index (χ3n) is 4.75. The lowest BCUT2D eigenvalue weighted by atomic mass is 10.1. The lowest BCUT2D eigenvalue weighted by Crippen LogP contribution is -2.29. The van der Waals surface area contributed by atoms with E-state index < -0.39 is 15.7 Å². The van der Waals surface area contributed by atoms with Gasteiger partial charge in [0.05, 0.1) is 31.8 Å². The smallest absolute Gasteiger partial charge is 0.272 e. The summed E-state index contributed by atoms with van der Waals surface area (Å²) in [6.07, 6.45) is 0.369. The Labute approximate surface area is 158 Å². The molecule has 0 spiro atoms. The lowest BCUT2D eigenvalue weighted by molar-refractivity contribution is 0.0933. The average molecular weight is 393 g/mol. The zero-order valence-electron chi connectivity index (χ0n) is 15.8. The average Bonchev–Trinajstić information content (AvgIpc) is 2.95. The van der Waals surface area contributed by atoms with Crippen molar-refractivity contribution in [2.24, 2.45) is 7.05 Å². The summed E-state index contributed by atoms with van der Waals surface area (Å²) in [4.78, 5) is 12.8. The van der Waals surface area contributed by atoms with Crippen LogP contribution in [0.5, 0.6) is 11.5 Å². The van der Waals surface area contributed by atoms with E-state index in [0.29, 0.717) is 23.5 Å². The summed E-state index contributed by atoms with van der Waals surface area (Å²) < 4.78 is 36.2. The van der Waals surface area contributed by atoms with Gasteiger partial charge < -0.3 is 14.8 Å². The number of aromatic nitrogens is 2. The lowest BCUT2D eigenvalue weighted by Gasteiger charge is -2.18. The standard InChI is InChI=1S/C18H23N3O5S/c1-11(13-9-12(25-3)5-6-16(13)26-4)19-18(22)17-14-10-27(23,24)8-7-15(14)21(2)20-17/h5-6,9,11H,7-8,10H2,1-4H3,(H,19,22). The van der Waals surface area contributed by atoms with E-state index in [4.69, 9.17) is 9.47 Å². The number of nitrogens with zero attached hydrogens (tertiary/aromatic N) is 2. The molecule has 0 radical (unpaired) electrons. The zero-order valence-corrected chi connectivity index (χ0v) is 16.6. The van der Waals surface area contributed by atoms with Crippen molar-refractivity contribution in [2.75, 3.05) is 20.0 Å². The monoisotopic (exact) mass is 393 g/mol. The topological polar surface area (TPSA) is 99.5 Å². The molecule has 9 heteroatoms. The third kappa shape index (κ3) is 3.78. The summed E-state index contributed by atoms with van der Waals surface area (Å²) >= 11 is 0. The number of carbonyl (C=O) groups is 1. The van der Waals surface area contributed by atoms with E-state index in [2.05, 4.69) is 10.4 Å². The second-order valence-corrected chi connectivity index (χ2v) is 8.73. The summed E-state index contributed by atoms with van der Waals surface area (Å²) in [5.74, 6) is 0.775. The van der Waals surface area contributed by atoms with E-state index in [9.17, 15) is 13.2 Å². The van der Waals surface area contributed by atoms with Gasteiger partial charge >= 0.3 is 0 Å². The Morgan fingerprint density at radius 1 is 1.30 bits per heavy atom. The number of nitrogens with one attached hydrogen (secondary N) is 1. The first-order chi connectivity index (χ1) is 12.8. The maximum Gasteiger partial charge on any atom is 0.272 e. The molecule has 1 atom stereocenters. The van der Waals surface area contributed by atoms with Crippen molar-refractivity contribution in [1.82, 2.24) is 15.1 Å². The second-order valence-electron chi connectivity index (χ2n) is 6.54. The van der Waals surface area contributed by atoms with Crippen molar-refractivity contribution in [3.05, 3.63) is 40.7 Å². The van der Waals surface area contributed by atoms with Crippen molar-refractivity contribution in [3.63, 3.8) is 0 Å². The Hall–Kier alpha value is -2.55. The number of rotatable bonds is 5. The van der Waals surface area contributed by atoms with Crippen molar-refractivity contribution in [3.8, 4) is 11.5 Å². The van der Waals surface area contributed by atoms with Crippen LogP contribution >= 0.6 is 0 Å². The molecule has 2 heterocycles. The van der Waals surface area contributed by atoms with Gasteiger partial charge in [-0.2, -0.15) is 5.10 Å². The highest BCUT2D eigenvalue weighted by Gasteiger charge is 2.31. The molecule has 1 aliphatic rings. The van der Waals surface area contributed by atoms with E-state index >= 15 is 0 Å². The third-order valence-corrected chi connectivity index (χ3v) is 6.31. The summed E-state index contributed by atoms with van der Waals surface area (Å²) in [5, 5.41) is 7.15. The van der Waals surface area contributed by atoms with Gasteiger partial charge in [-0.3, -0.25) is 9.48 Å². The highest BCUT2D eigenvalue weighted by molar-refractivity contribution is 7.90. The Kier molecular flexibility index (Phi) is 5.14. The maximum absolute atomic E-state index is 12.8. The van der Waals surface area contributed by atoms with Crippen LogP contribution in [0.4, 0.5) is 0 Å². The highest BCUT2D eigenvalue weighted by Crippen LogP contribution is 2.30. The molecule has 1 aliphatic heterocycles. The van der Waals surface area contributed by atoms with E-state index in [1.807, 2.05) is 6.92 Å². The number of benzene rings is 1. The quantitative estimate of drug-likeness (QED) is 0.824. The molecule has 0 aliphatic carbocycles. The first-order valence-corrected chi connectivity index (χ1v) is 10.4. The molecule has 1 amide bonds. The molecule has 1 N–H and O–H groups in total. The molecule has 1 aromatic heterocycles. The summed E-state index contributed by atoms with van der Waals surface area (Å²) in [5.41, 5.74) is 2.19. The van der Waals surface area contributed by atoms with E-state index in [0.717, 1.165) is 11.3 Å². The number of amides is 1. The predicted octanol–water partition coefficient (Wildman–Crippen LogP) is 1.40. The predicted molar refractivity (Wildman–Crippen MR) is 99.8 cm³/mol. The number of fused-ring (bicyclic) bond motifs is 1. The molecule has 146 valence electrons. The largest absolute Gasteiger partial charge is 0.497 e. The van der Waals surface area contributed by atoms with Gasteiger partial charge in [0, 0.05) is 30.3 Å². The van der Waals surface area contributed by atoms with Crippen LogP contribution in [0.2, 0.25) is 0 Å². The molecule has 8 nitrogen and oxygen atoms in total. The molecule has 0 bridgehead atoms. The van der Waals surface area contributed by atoms with Crippen LogP contribution in [0.15, 0.2) is 18.2 Å². The molecule has 0 saturated heterocycles. The molecule has 3 rings (SSSR count). The molecular formula is C18H23N3O5S. The number of sulfone groups is 1. The minimum Gasteiger partial charge on any atom is -0.497 e. The Morgan fingerprint density at radius 3 is 2.70 bits per heavy atom. The van der Waals surface area contributed by atoms with E-state index in [-0.39, 0.29) is 23.2 Å². The van der Waals surface area contributed by atoms with Gasteiger partial charge in [-0.1, -0.05) is 0 Å². The van der Waals surface area contributed by atoms with Crippen LogP contribution in [-0.4, -0.2) is 44.1 Å². The molecule has 2 aromatic rings. The van der Waals surface area contributed by atoms with Crippen molar-refractivity contribution < 1.29 is 22.7 Å². The van der Waals surface area contributed by atoms with Crippen LogP contribution in [0.1, 0.15) is 40.3 Å². The van der Waals surface area contributed by atoms with Gasteiger partial charge in [0.2, 0.25) is 0 Å². The van der Waals surface area contributed by atoms with E-state index in [1.54, 1.807) is 44.1 Å². The molecule has 1 aromatic carbocycles. The SMILES string of the molecule is COc1ccc(OC)c(C(C)NC(=O)c2nn(C)c3c2CS(=O)(=O)CC3)c1. The van der Waals surface area contributed by atoms with Crippen molar-refractivity contribution in [1.29, 1.82) is 0 Å². The van der Waals surface area contributed by atoms with Gasteiger partial charge in [0.25, 0.3) is 5.91 Å². The number of methoxy groups -OCH3 is 2. The number of aryl methyl sites for hydroxylation is 1. The number of ether oxygens (including phenoxy) is 2. The molecule has 0 saturated carbocycles. The summed E-state index contributed by atoms with van der Waals surface area (Å²) in [6.45, 7) is 1.82. The number of carbonyl (C=O) groups excluding carboxylic acids is 1. The minimum absolute atomic E-state index is 0.0814. The Balaban J connectivity index is 1.89. The first kappa shape index (κ1) is 19.2. The molecular weight excluding hydrogens is 370 g/mol. The van der Waals surface area contributed by atoms with Crippen molar-refractivity contribution in [2.45, 2.75) is 25.1 Å². The van der Waals surface area contributed by atoms with Gasteiger partial charge in [-0.15, -0.1) is 0 Å². The van der Waals surface area contributed by atoms with Crippen LogP contribution in [0, 0.1) is 0 Å². The Bertz CT molecular complexity index is 981. The molecule has 27 heavy (non-hydrogen) atoms. The van der Waals surface area contributed by atoms with Crippen LogP contribution in [-0.2, 0) is 29.1 Å². The second kappa shape index (κ2) is 7.22. The van der Waals surface area contributed by atoms with Gasteiger partial charge in [0.1, 0.15) is 11.5 Å². The van der Waals surface area contributed by atoms with Crippen LogP contribution in [0.3, 0.4) is 0 Å². The van der Waals surface area contributed by atoms with Gasteiger partial charge in [-0.25, -0.2) is 8.42 Å². The van der Waals surface area contributed by atoms with E-state index in [1.165, 1.54) is 0 Å². The number of hydrogen-bond donors (Lipinski definition) is 1.